The Bertz CT molecular complexity index is 553. The number of halogens is 2. The number of carbonyl (C=O) groups excluding carboxylic acids is 2. The molecule has 0 fully saturated rings. The Hall–Kier alpha value is -0.850. The minimum atomic E-state index is -0.900. The topological polar surface area (TPSA) is 68.3 Å². The summed E-state index contributed by atoms with van der Waals surface area (Å²) >= 11 is 12.6. The highest BCUT2D eigenvalue weighted by Gasteiger charge is 2.29. The summed E-state index contributed by atoms with van der Waals surface area (Å²) in [5.41, 5.74) is -0.477. The van der Waals surface area contributed by atoms with Crippen LogP contribution in [0.4, 0.5) is 0 Å². The molecule has 22 heavy (non-hydrogen) atoms. The molecule has 0 aromatic carbocycles. The van der Waals surface area contributed by atoms with Gasteiger partial charge in [-0.05, 0) is 44.6 Å². The van der Waals surface area contributed by atoms with Gasteiger partial charge in [0, 0.05) is 5.54 Å². The van der Waals surface area contributed by atoms with Crippen LogP contribution in [0.1, 0.15) is 51.5 Å². The molecule has 1 heterocycles. The van der Waals surface area contributed by atoms with Crippen LogP contribution in [0.25, 0.3) is 0 Å². The Kier molecular flexibility index (Phi) is 6.65. The van der Waals surface area contributed by atoms with Gasteiger partial charge in [0.25, 0.3) is 5.91 Å². The molecular weight excluding hydrogens is 347 g/mol. The van der Waals surface area contributed by atoms with Gasteiger partial charge in [0.1, 0.15) is 9.36 Å². The lowest BCUT2D eigenvalue weighted by Crippen LogP contribution is -2.47. The van der Waals surface area contributed by atoms with Gasteiger partial charge in [-0.15, -0.1) is 0 Å². The van der Waals surface area contributed by atoms with E-state index in [-0.39, 0.29) is 26.9 Å². The standard InChI is InChI=1S/C14H20Cl2N2O3S/c1-7(2)6-8(12(19)17-14(3,4)5)21-13(20)10-9(15)11(16)22-18-10/h7-8H,6H2,1-5H3,(H,17,19). The number of aromatic nitrogens is 1. The average molecular weight is 367 g/mol. The number of nitrogens with one attached hydrogen (secondary N) is 1. The van der Waals surface area contributed by atoms with Crippen molar-refractivity contribution < 1.29 is 14.3 Å². The van der Waals surface area contributed by atoms with Crippen LogP contribution < -0.4 is 5.32 Å². The molecule has 0 spiro atoms. The molecule has 1 amide bonds. The maximum atomic E-state index is 12.3. The van der Waals surface area contributed by atoms with E-state index in [2.05, 4.69) is 9.69 Å². The maximum absolute atomic E-state index is 12.3. The molecule has 1 aromatic rings. The molecular formula is C14H20Cl2N2O3S. The lowest BCUT2D eigenvalue weighted by atomic mass is 10.0. The van der Waals surface area contributed by atoms with E-state index in [9.17, 15) is 9.59 Å². The van der Waals surface area contributed by atoms with Crippen LogP contribution in [-0.4, -0.2) is 27.9 Å². The fourth-order valence-electron chi connectivity index (χ4n) is 1.66. The number of esters is 1. The maximum Gasteiger partial charge on any atom is 0.360 e. The van der Waals surface area contributed by atoms with Gasteiger partial charge >= 0.3 is 5.97 Å². The van der Waals surface area contributed by atoms with E-state index in [0.29, 0.717) is 6.42 Å². The quantitative estimate of drug-likeness (QED) is 0.801. The SMILES string of the molecule is CC(C)CC(OC(=O)c1nsc(Cl)c1Cl)C(=O)NC(C)(C)C. The van der Waals surface area contributed by atoms with E-state index in [1.54, 1.807) is 0 Å². The minimum Gasteiger partial charge on any atom is -0.447 e. The Morgan fingerprint density at radius 1 is 1.32 bits per heavy atom. The summed E-state index contributed by atoms with van der Waals surface area (Å²) in [4.78, 5) is 24.4. The predicted molar refractivity (Wildman–Crippen MR) is 88.7 cm³/mol. The van der Waals surface area contributed by atoms with Crippen molar-refractivity contribution in [1.82, 2.24) is 9.69 Å². The van der Waals surface area contributed by atoms with Crippen molar-refractivity contribution >= 4 is 46.6 Å². The smallest absolute Gasteiger partial charge is 0.360 e. The largest absolute Gasteiger partial charge is 0.447 e. The van der Waals surface area contributed by atoms with E-state index in [1.807, 2.05) is 34.6 Å². The molecule has 0 aliphatic rings. The third-order valence-corrected chi connectivity index (χ3v) is 4.13. The second-order valence-electron chi connectivity index (χ2n) is 6.38. The Morgan fingerprint density at radius 2 is 1.91 bits per heavy atom. The van der Waals surface area contributed by atoms with Crippen molar-refractivity contribution in [3.05, 3.63) is 15.1 Å². The first kappa shape index (κ1) is 19.2. The van der Waals surface area contributed by atoms with Crippen LogP contribution in [0, 0.1) is 5.92 Å². The molecule has 1 rings (SSSR count). The van der Waals surface area contributed by atoms with Gasteiger partial charge < -0.3 is 10.1 Å². The summed E-state index contributed by atoms with van der Waals surface area (Å²) in [6.07, 6.45) is -0.494. The van der Waals surface area contributed by atoms with Crippen LogP contribution in [0.15, 0.2) is 0 Å². The molecule has 8 heteroatoms. The van der Waals surface area contributed by atoms with Crippen LogP contribution in [-0.2, 0) is 9.53 Å². The monoisotopic (exact) mass is 366 g/mol. The summed E-state index contributed by atoms with van der Waals surface area (Å²) in [5.74, 6) is -0.909. The van der Waals surface area contributed by atoms with Gasteiger partial charge in [0.05, 0.1) is 0 Å². The summed E-state index contributed by atoms with van der Waals surface area (Å²) in [6, 6.07) is 0. The predicted octanol–water partition coefficient (Wildman–Crippen LogP) is 3.94. The van der Waals surface area contributed by atoms with Crippen molar-refractivity contribution in [3.63, 3.8) is 0 Å². The second kappa shape index (κ2) is 7.62. The highest BCUT2D eigenvalue weighted by molar-refractivity contribution is 7.11. The summed E-state index contributed by atoms with van der Waals surface area (Å²) < 4.78 is 9.37. The fraction of sp³-hybridized carbons (Fsp3) is 0.643. The van der Waals surface area contributed by atoms with Crippen molar-refractivity contribution in [2.24, 2.45) is 5.92 Å². The molecule has 0 aliphatic carbocycles. The molecule has 1 N–H and O–H groups in total. The lowest BCUT2D eigenvalue weighted by molar-refractivity contribution is -0.132. The Morgan fingerprint density at radius 3 is 2.32 bits per heavy atom. The van der Waals surface area contributed by atoms with Gasteiger partial charge in [0.15, 0.2) is 11.8 Å². The molecule has 0 radical (unpaired) electrons. The zero-order valence-corrected chi connectivity index (χ0v) is 15.5. The van der Waals surface area contributed by atoms with Gasteiger partial charge in [-0.2, -0.15) is 4.37 Å². The van der Waals surface area contributed by atoms with Crippen LogP contribution in [0.2, 0.25) is 9.36 Å². The number of rotatable bonds is 5. The molecule has 0 saturated heterocycles. The van der Waals surface area contributed by atoms with Crippen molar-refractivity contribution in [2.75, 3.05) is 0 Å². The summed E-state index contributed by atoms with van der Waals surface area (Å²) in [5, 5.41) is 2.86. The Balaban J connectivity index is 2.87. The van der Waals surface area contributed by atoms with Gasteiger partial charge in [0.2, 0.25) is 0 Å². The van der Waals surface area contributed by atoms with Gasteiger partial charge in [-0.25, -0.2) is 4.79 Å². The third-order valence-electron chi connectivity index (χ3n) is 2.52. The molecule has 0 saturated carbocycles. The third kappa shape index (κ3) is 5.74. The normalized spacial score (nSPS) is 13.1. The second-order valence-corrected chi connectivity index (χ2v) is 8.14. The first-order valence-corrected chi connectivity index (χ1v) is 8.38. The Labute approximate surface area is 144 Å². The van der Waals surface area contributed by atoms with Gasteiger partial charge in [-0.3, -0.25) is 4.79 Å². The highest BCUT2D eigenvalue weighted by atomic mass is 35.5. The van der Waals surface area contributed by atoms with E-state index < -0.39 is 17.6 Å². The molecule has 1 aromatic heterocycles. The van der Waals surface area contributed by atoms with Crippen molar-refractivity contribution in [2.45, 2.75) is 52.7 Å². The highest BCUT2D eigenvalue weighted by Crippen LogP contribution is 2.30. The van der Waals surface area contributed by atoms with Crippen LogP contribution >= 0.6 is 34.7 Å². The van der Waals surface area contributed by atoms with Crippen LogP contribution in [0.5, 0.6) is 0 Å². The van der Waals surface area contributed by atoms with Crippen molar-refractivity contribution in [3.8, 4) is 0 Å². The first-order valence-electron chi connectivity index (χ1n) is 6.85. The molecule has 0 aliphatic heterocycles. The van der Waals surface area contributed by atoms with Crippen LogP contribution in [0.3, 0.4) is 0 Å². The average Bonchev–Trinajstić information content (AvgIpc) is 2.66. The molecule has 5 nitrogen and oxygen atoms in total. The van der Waals surface area contributed by atoms with E-state index in [1.165, 1.54) is 0 Å². The van der Waals surface area contributed by atoms with E-state index in [0.717, 1.165) is 11.5 Å². The number of carbonyl (C=O) groups is 2. The summed E-state index contributed by atoms with van der Waals surface area (Å²) in [7, 11) is 0. The lowest BCUT2D eigenvalue weighted by Gasteiger charge is -2.25. The number of hydrogen-bond donors (Lipinski definition) is 1. The number of hydrogen-bond acceptors (Lipinski definition) is 5. The zero-order chi connectivity index (χ0) is 17.1. The number of amides is 1. The molecule has 1 atom stereocenters. The number of ether oxygens (including phenoxy) is 1. The first-order chi connectivity index (χ1) is 10.0. The van der Waals surface area contributed by atoms with Gasteiger partial charge in [-0.1, -0.05) is 37.0 Å². The van der Waals surface area contributed by atoms with Crippen molar-refractivity contribution in [1.29, 1.82) is 0 Å². The zero-order valence-electron chi connectivity index (χ0n) is 13.2. The summed E-state index contributed by atoms with van der Waals surface area (Å²) in [6.45, 7) is 9.46. The van der Waals surface area contributed by atoms with E-state index in [4.69, 9.17) is 27.9 Å². The minimum absolute atomic E-state index is 0.0520. The van der Waals surface area contributed by atoms with E-state index >= 15 is 0 Å². The number of nitrogens with zero attached hydrogens (tertiary/aromatic N) is 1. The fourth-order valence-corrected chi connectivity index (χ4v) is 2.64. The molecule has 1 unspecified atom stereocenters. The molecule has 0 bridgehead atoms. The molecule has 124 valence electrons.